The SMILES string of the molecule is CC(=O)Oc1c(I)cc(C(Cl)Cl)cc1I. The van der Waals surface area contributed by atoms with Crippen LogP contribution in [0.2, 0.25) is 0 Å². The number of carbonyl (C=O) groups excluding carboxylic acids is 1. The number of halogens is 4. The van der Waals surface area contributed by atoms with E-state index in [1.807, 2.05) is 0 Å². The molecular formula is C9H6Cl2I2O2. The fraction of sp³-hybridized carbons (Fsp3) is 0.222. The summed E-state index contributed by atoms with van der Waals surface area (Å²) in [6.45, 7) is 1.37. The summed E-state index contributed by atoms with van der Waals surface area (Å²) in [4.78, 5) is 10.3. The standard InChI is InChI=1S/C9H6Cl2I2O2/c1-4(14)15-8-6(12)2-5(9(10)11)3-7(8)13/h2-3,9H,1H3. The van der Waals surface area contributed by atoms with Gasteiger partial charge in [0.05, 0.1) is 7.14 Å². The Hall–Kier alpha value is 0.730. The maximum absolute atomic E-state index is 10.9. The maximum Gasteiger partial charge on any atom is 0.308 e. The molecule has 0 bridgehead atoms. The topological polar surface area (TPSA) is 26.3 Å². The molecule has 0 aliphatic rings. The van der Waals surface area contributed by atoms with Crippen molar-refractivity contribution in [2.24, 2.45) is 0 Å². The van der Waals surface area contributed by atoms with Crippen molar-refractivity contribution in [2.45, 2.75) is 11.8 Å². The first kappa shape index (κ1) is 13.8. The number of hydrogen-bond acceptors (Lipinski definition) is 2. The molecule has 0 unspecified atom stereocenters. The predicted octanol–water partition coefficient (Wildman–Crippen LogP) is 4.30. The van der Waals surface area contributed by atoms with Crippen molar-refractivity contribution < 1.29 is 9.53 Å². The molecule has 1 aromatic carbocycles. The molecule has 0 radical (unpaired) electrons. The van der Waals surface area contributed by atoms with Gasteiger partial charge in [0.25, 0.3) is 0 Å². The zero-order valence-electron chi connectivity index (χ0n) is 7.56. The minimum Gasteiger partial charge on any atom is -0.424 e. The van der Waals surface area contributed by atoms with Crippen LogP contribution in [-0.2, 0) is 4.79 Å². The van der Waals surface area contributed by atoms with Crippen molar-refractivity contribution in [3.05, 3.63) is 24.8 Å². The van der Waals surface area contributed by atoms with Crippen molar-refractivity contribution in [3.8, 4) is 5.75 Å². The summed E-state index contributed by atoms with van der Waals surface area (Å²) in [6.07, 6.45) is 0. The second-order valence-electron chi connectivity index (χ2n) is 2.71. The molecule has 2 nitrogen and oxygen atoms in total. The van der Waals surface area contributed by atoms with Gasteiger partial charge in [-0.2, -0.15) is 0 Å². The Bertz CT molecular complexity index is 371. The summed E-state index contributed by atoms with van der Waals surface area (Å²) in [7, 11) is 0. The smallest absolute Gasteiger partial charge is 0.308 e. The highest BCUT2D eigenvalue weighted by atomic mass is 127. The largest absolute Gasteiger partial charge is 0.424 e. The van der Waals surface area contributed by atoms with E-state index in [4.69, 9.17) is 27.9 Å². The summed E-state index contributed by atoms with van der Waals surface area (Å²) in [6, 6.07) is 3.59. The van der Waals surface area contributed by atoms with Gasteiger partial charge in [0.15, 0.2) is 5.75 Å². The summed E-state index contributed by atoms with van der Waals surface area (Å²) in [5, 5.41) is 0. The lowest BCUT2D eigenvalue weighted by molar-refractivity contribution is -0.132. The van der Waals surface area contributed by atoms with E-state index in [1.165, 1.54) is 6.92 Å². The van der Waals surface area contributed by atoms with Gasteiger partial charge in [0, 0.05) is 6.92 Å². The molecular weight excluding hydrogens is 465 g/mol. The normalized spacial score (nSPS) is 10.5. The monoisotopic (exact) mass is 470 g/mol. The third kappa shape index (κ3) is 3.90. The van der Waals surface area contributed by atoms with Crippen LogP contribution in [0.15, 0.2) is 12.1 Å². The number of ether oxygens (including phenoxy) is 1. The lowest BCUT2D eigenvalue weighted by Crippen LogP contribution is -2.05. The molecule has 0 aromatic heterocycles. The summed E-state index contributed by atoms with van der Waals surface area (Å²) in [5.74, 6) is 0.216. The Kier molecular flexibility index (Phi) is 5.41. The molecule has 0 aliphatic heterocycles. The number of alkyl halides is 2. The fourth-order valence-electron chi connectivity index (χ4n) is 0.947. The molecule has 0 fully saturated rings. The van der Waals surface area contributed by atoms with Gasteiger partial charge in [0.1, 0.15) is 4.84 Å². The number of benzene rings is 1. The van der Waals surface area contributed by atoms with E-state index in [0.717, 1.165) is 12.7 Å². The van der Waals surface area contributed by atoms with Crippen molar-refractivity contribution in [3.63, 3.8) is 0 Å². The summed E-state index contributed by atoms with van der Waals surface area (Å²) < 4.78 is 6.70. The molecule has 0 amide bonds. The van der Waals surface area contributed by atoms with Crippen LogP contribution in [0.4, 0.5) is 0 Å². The second kappa shape index (κ2) is 5.88. The van der Waals surface area contributed by atoms with Gasteiger partial charge in [-0.3, -0.25) is 4.79 Å². The zero-order valence-corrected chi connectivity index (χ0v) is 13.4. The molecule has 0 N–H and O–H groups in total. The van der Waals surface area contributed by atoms with E-state index in [1.54, 1.807) is 12.1 Å². The van der Waals surface area contributed by atoms with Crippen molar-refractivity contribution >= 4 is 74.4 Å². The van der Waals surface area contributed by atoms with Crippen LogP contribution in [0.5, 0.6) is 5.75 Å². The molecule has 1 aromatic rings. The Morgan fingerprint density at radius 2 is 1.80 bits per heavy atom. The highest BCUT2D eigenvalue weighted by Crippen LogP contribution is 2.34. The Morgan fingerprint density at radius 3 is 2.13 bits per heavy atom. The van der Waals surface area contributed by atoms with E-state index in [0.29, 0.717) is 5.75 Å². The van der Waals surface area contributed by atoms with Crippen molar-refractivity contribution in [1.82, 2.24) is 0 Å². The average molecular weight is 471 g/mol. The molecule has 15 heavy (non-hydrogen) atoms. The van der Waals surface area contributed by atoms with Gasteiger partial charge in [-0.25, -0.2) is 0 Å². The van der Waals surface area contributed by atoms with Gasteiger partial charge in [-0.15, -0.1) is 23.2 Å². The van der Waals surface area contributed by atoms with Crippen LogP contribution in [0.25, 0.3) is 0 Å². The van der Waals surface area contributed by atoms with Crippen LogP contribution in [0, 0.1) is 7.14 Å². The Morgan fingerprint density at radius 1 is 1.33 bits per heavy atom. The van der Waals surface area contributed by atoms with Crippen LogP contribution in [0.3, 0.4) is 0 Å². The summed E-state index contributed by atoms with van der Waals surface area (Å²) in [5.41, 5.74) is 0.794. The molecule has 82 valence electrons. The highest BCUT2D eigenvalue weighted by molar-refractivity contribution is 14.1. The van der Waals surface area contributed by atoms with Gasteiger partial charge in [-0.05, 0) is 62.9 Å². The van der Waals surface area contributed by atoms with E-state index >= 15 is 0 Å². The third-order valence-corrected chi connectivity index (χ3v) is 3.62. The van der Waals surface area contributed by atoms with E-state index in [9.17, 15) is 4.79 Å². The zero-order chi connectivity index (χ0) is 11.6. The highest BCUT2D eigenvalue weighted by Gasteiger charge is 2.13. The van der Waals surface area contributed by atoms with Crippen molar-refractivity contribution in [1.29, 1.82) is 0 Å². The van der Waals surface area contributed by atoms with Crippen LogP contribution in [-0.4, -0.2) is 5.97 Å². The Balaban J connectivity index is 3.15. The van der Waals surface area contributed by atoms with E-state index < -0.39 is 4.84 Å². The molecule has 6 heteroatoms. The minimum atomic E-state index is -0.571. The molecule has 1 rings (SSSR count). The van der Waals surface area contributed by atoms with Gasteiger partial charge in [0.2, 0.25) is 0 Å². The minimum absolute atomic E-state index is 0.341. The predicted molar refractivity (Wildman–Crippen MR) is 77.6 cm³/mol. The number of esters is 1. The van der Waals surface area contributed by atoms with Gasteiger partial charge < -0.3 is 4.74 Å². The second-order valence-corrected chi connectivity index (χ2v) is 6.13. The lowest BCUT2D eigenvalue weighted by Gasteiger charge is -2.10. The third-order valence-electron chi connectivity index (χ3n) is 1.52. The molecule has 0 heterocycles. The van der Waals surface area contributed by atoms with Crippen molar-refractivity contribution in [2.75, 3.05) is 0 Å². The van der Waals surface area contributed by atoms with Crippen LogP contribution in [0.1, 0.15) is 17.3 Å². The number of carbonyl (C=O) groups is 1. The quantitative estimate of drug-likeness (QED) is 0.279. The van der Waals surface area contributed by atoms with Gasteiger partial charge in [-0.1, -0.05) is 0 Å². The molecule has 0 saturated carbocycles. The number of rotatable bonds is 2. The maximum atomic E-state index is 10.9. The van der Waals surface area contributed by atoms with E-state index in [2.05, 4.69) is 45.2 Å². The number of hydrogen-bond donors (Lipinski definition) is 0. The lowest BCUT2D eigenvalue weighted by atomic mass is 10.2. The molecule has 0 spiro atoms. The molecule has 0 atom stereocenters. The first-order valence-corrected chi connectivity index (χ1v) is 6.90. The Labute approximate surface area is 125 Å². The average Bonchev–Trinajstić information content (AvgIpc) is 2.10. The van der Waals surface area contributed by atoms with Crippen LogP contribution >= 0.6 is 68.4 Å². The van der Waals surface area contributed by atoms with Crippen LogP contribution < -0.4 is 4.74 Å². The van der Waals surface area contributed by atoms with Gasteiger partial charge >= 0.3 is 5.97 Å². The first-order valence-electron chi connectivity index (χ1n) is 3.87. The van der Waals surface area contributed by atoms with E-state index in [-0.39, 0.29) is 5.97 Å². The molecule has 0 saturated heterocycles. The molecule has 0 aliphatic carbocycles. The first-order chi connectivity index (χ1) is 6.91. The fourth-order valence-corrected chi connectivity index (χ4v) is 3.24. The summed E-state index contributed by atoms with van der Waals surface area (Å²) >= 11 is 15.7.